The highest BCUT2D eigenvalue weighted by molar-refractivity contribution is 5.94. The first kappa shape index (κ1) is 15.8. The molecule has 0 unspecified atom stereocenters. The smallest absolute Gasteiger partial charge is 0.339 e. The minimum atomic E-state index is -4.68. The summed E-state index contributed by atoms with van der Waals surface area (Å²) in [6.07, 6.45) is -3.22. The topological polar surface area (TPSA) is 32.3 Å². The van der Waals surface area contributed by atoms with E-state index in [1.807, 2.05) is 0 Å². The molecule has 1 aromatic carbocycles. The zero-order chi connectivity index (χ0) is 15.6. The Morgan fingerprint density at radius 2 is 1.86 bits per heavy atom. The van der Waals surface area contributed by atoms with E-state index < -0.39 is 23.5 Å². The fraction of sp³-hybridized carbons (Fsp3) is 0.500. The molecule has 0 spiro atoms. The molecule has 1 aliphatic rings. The third kappa shape index (κ3) is 3.72. The number of carbonyl (C=O) groups excluding carboxylic acids is 1. The maximum atomic E-state index is 13.3. The summed E-state index contributed by atoms with van der Waals surface area (Å²) in [5.41, 5.74) is -1.42. The number of halogens is 4. The largest absolute Gasteiger partial charge is 0.416 e. The second-order valence-electron chi connectivity index (χ2n) is 5.12. The second kappa shape index (κ2) is 6.01. The minimum Gasteiger partial charge on any atom is -0.339 e. The number of hydrogen-bond donors (Lipinski definition) is 1. The average Bonchev–Trinajstić information content (AvgIpc) is 2.45. The van der Waals surface area contributed by atoms with Gasteiger partial charge in [-0.2, -0.15) is 13.2 Å². The van der Waals surface area contributed by atoms with Crippen LogP contribution >= 0.6 is 0 Å². The van der Waals surface area contributed by atoms with Gasteiger partial charge in [0.15, 0.2) is 0 Å². The molecule has 1 aromatic rings. The lowest BCUT2D eigenvalue weighted by Crippen LogP contribution is -2.44. The number of hydrogen-bond acceptors (Lipinski definition) is 2. The van der Waals surface area contributed by atoms with Crippen molar-refractivity contribution in [2.45, 2.75) is 25.1 Å². The van der Waals surface area contributed by atoms with Crippen LogP contribution in [0, 0.1) is 5.82 Å². The number of nitrogens with one attached hydrogen (secondary N) is 1. The van der Waals surface area contributed by atoms with Gasteiger partial charge in [0.05, 0.1) is 5.56 Å². The summed E-state index contributed by atoms with van der Waals surface area (Å²) in [6.45, 7) is 1.50. The molecule has 116 valence electrons. The van der Waals surface area contributed by atoms with E-state index in [2.05, 4.69) is 5.32 Å². The minimum absolute atomic E-state index is 0.0450. The van der Waals surface area contributed by atoms with Gasteiger partial charge in [0, 0.05) is 18.7 Å². The van der Waals surface area contributed by atoms with E-state index in [4.69, 9.17) is 0 Å². The average molecular weight is 304 g/mol. The normalized spacial score (nSPS) is 16.8. The van der Waals surface area contributed by atoms with Crippen LogP contribution in [0.2, 0.25) is 0 Å². The van der Waals surface area contributed by atoms with E-state index in [-0.39, 0.29) is 11.6 Å². The first-order chi connectivity index (χ1) is 9.79. The number of amides is 1. The van der Waals surface area contributed by atoms with Crippen molar-refractivity contribution in [1.82, 2.24) is 10.2 Å². The van der Waals surface area contributed by atoms with Crippen molar-refractivity contribution in [3.63, 3.8) is 0 Å². The van der Waals surface area contributed by atoms with Crippen molar-refractivity contribution in [2.75, 3.05) is 20.1 Å². The number of carbonyl (C=O) groups is 1. The maximum Gasteiger partial charge on any atom is 0.416 e. The lowest BCUT2D eigenvalue weighted by molar-refractivity contribution is -0.137. The molecule has 1 saturated heterocycles. The van der Waals surface area contributed by atoms with Gasteiger partial charge >= 0.3 is 6.18 Å². The van der Waals surface area contributed by atoms with Crippen molar-refractivity contribution in [1.29, 1.82) is 0 Å². The van der Waals surface area contributed by atoms with Crippen LogP contribution in [0.15, 0.2) is 18.2 Å². The molecule has 1 amide bonds. The molecule has 0 aromatic heterocycles. The van der Waals surface area contributed by atoms with Crippen LogP contribution in [0.3, 0.4) is 0 Å². The van der Waals surface area contributed by atoms with E-state index in [1.54, 1.807) is 0 Å². The molecule has 0 radical (unpaired) electrons. The highest BCUT2D eigenvalue weighted by Gasteiger charge is 2.32. The highest BCUT2D eigenvalue weighted by Crippen LogP contribution is 2.30. The Morgan fingerprint density at radius 1 is 1.24 bits per heavy atom. The fourth-order valence-corrected chi connectivity index (χ4v) is 2.44. The molecular weight excluding hydrogens is 288 g/mol. The van der Waals surface area contributed by atoms with Gasteiger partial charge in [0.25, 0.3) is 5.91 Å². The van der Waals surface area contributed by atoms with Crippen molar-refractivity contribution >= 4 is 5.91 Å². The van der Waals surface area contributed by atoms with Crippen LogP contribution in [-0.4, -0.2) is 37.0 Å². The Morgan fingerprint density at radius 3 is 2.43 bits per heavy atom. The van der Waals surface area contributed by atoms with Gasteiger partial charge in [-0.1, -0.05) is 0 Å². The van der Waals surface area contributed by atoms with Crippen LogP contribution in [0.25, 0.3) is 0 Å². The van der Waals surface area contributed by atoms with Gasteiger partial charge in [-0.25, -0.2) is 4.39 Å². The second-order valence-corrected chi connectivity index (χ2v) is 5.12. The number of nitrogens with zero attached hydrogens (tertiary/aromatic N) is 1. The molecule has 0 saturated carbocycles. The van der Waals surface area contributed by atoms with Crippen molar-refractivity contribution in [2.24, 2.45) is 0 Å². The predicted octanol–water partition coefficient (Wildman–Crippen LogP) is 2.67. The zero-order valence-corrected chi connectivity index (χ0v) is 11.5. The summed E-state index contributed by atoms with van der Waals surface area (Å²) in [6, 6.07) is 1.88. The summed E-state index contributed by atoms with van der Waals surface area (Å²) >= 11 is 0. The maximum absolute atomic E-state index is 13.3. The Hall–Kier alpha value is -1.63. The molecule has 2 rings (SSSR count). The van der Waals surface area contributed by atoms with Crippen LogP contribution in [0.5, 0.6) is 0 Å². The molecule has 21 heavy (non-hydrogen) atoms. The Bertz CT molecular complexity index is 524. The third-order valence-corrected chi connectivity index (χ3v) is 3.65. The molecule has 0 bridgehead atoms. The SMILES string of the molecule is CN(C(=O)c1cc(F)cc(C(F)(F)F)c1)C1CCNCC1. The van der Waals surface area contributed by atoms with E-state index in [9.17, 15) is 22.4 Å². The highest BCUT2D eigenvalue weighted by atomic mass is 19.4. The molecular formula is C14H16F4N2O. The fourth-order valence-electron chi connectivity index (χ4n) is 2.44. The first-order valence-electron chi connectivity index (χ1n) is 6.64. The monoisotopic (exact) mass is 304 g/mol. The van der Waals surface area contributed by atoms with Crippen molar-refractivity contribution in [3.8, 4) is 0 Å². The van der Waals surface area contributed by atoms with Gasteiger partial charge < -0.3 is 10.2 Å². The number of alkyl halides is 3. The first-order valence-corrected chi connectivity index (χ1v) is 6.64. The van der Waals surface area contributed by atoms with E-state index in [0.717, 1.165) is 32.0 Å². The molecule has 1 N–H and O–H groups in total. The summed E-state index contributed by atoms with van der Waals surface area (Å²) in [5, 5.41) is 3.14. The number of rotatable bonds is 2. The number of piperidine rings is 1. The zero-order valence-electron chi connectivity index (χ0n) is 11.5. The molecule has 3 nitrogen and oxygen atoms in total. The lowest BCUT2D eigenvalue weighted by atomic mass is 10.0. The van der Waals surface area contributed by atoms with Gasteiger partial charge in [-0.05, 0) is 44.1 Å². The molecule has 1 aliphatic heterocycles. The Kier molecular flexibility index (Phi) is 4.51. The summed E-state index contributed by atoms with van der Waals surface area (Å²) in [7, 11) is 1.54. The van der Waals surface area contributed by atoms with Gasteiger partial charge in [0.2, 0.25) is 0 Å². The Balaban J connectivity index is 2.24. The summed E-state index contributed by atoms with van der Waals surface area (Å²) in [4.78, 5) is 13.6. The molecule has 7 heteroatoms. The molecule has 0 aliphatic carbocycles. The van der Waals surface area contributed by atoms with Crippen molar-refractivity contribution < 1.29 is 22.4 Å². The Labute approximate surface area is 119 Å². The van der Waals surface area contributed by atoms with E-state index >= 15 is 0 Å². The van der Waals surface area contributed by atoms with E-state index in [0.29, 0.717) is 12.1 Å². The van der Waals surface area contributed by atoms with Crippen LogP contribution in [0.4, 0.5) is 17.6 Å². The number of benzene rings is 1. The summed E-state index contributed by atoms with van der Waals surface area (Å²) in [5.74, 6) is -1.65. The predicted molar refractivity (Wildman–Crippen MR) is 69.4 cm³/mol. The standard InChI is InChI=1S/C14H16F4N2O/c1-20(12-2-4-19-5-3-12)13(21)9-6-10(14(16,17)18)8-11(15)7-9/h6-8,12,19H,2-5H2,1H3. The third-order valence-electron chi connectivity index (χ3n) is 3.65. The van der Waals surface area contributed by atoms with Crippen molar-refractivity contribution in [3.05, 3.63) is 35.1 Å². The van der Waals surface area contributed by atoms with Gasteiger partial charge in [0.1, 0.15) is 5.82 Å². The lowest BCUT2D eigenvalue weighted by Gasteiger charge is -2.31. The van der Waals surface area contributed by atoms with Gasteiger partial charge in [-0.15, -0.1) is 0 Å². The molecule has 1 fully saturated rings. The molecule has 1 heterocycles. The van der Waals surface area contributed by atoms with Crippen LogP contribution < -0.4 is 5.32 Å². The van der Waals surface area contributed by atoms with Crippen LogP contribution in [0.1, 0.15) is 28.8 Å². The van der Waals surface area contributed by atoms with Gasteiger partial charge in [-0.3, -0.25) is 4.79 Å². The van der Waals surface area contributed by atoms with E-state index in [1.165, 1.54) is 11.9 Å². The molecule has 0 atom stereocenters. The quantitative estimate of drug-likeness (QED) is 0.852. The van der Waals surface area contributed by atoms with Crippen LogP contribution in [-0.2, 0) is 6.18 Å². The summed E-state index contributed by atoms with van der Waals surface area (Å²) < 4.78 is 51.3.